The van der Waals surface area contributed by atoms with Gasteiger partial charge in [-0.1, -0.05) is 0 Å². The van der Waals surface area contributed by atoms with Crippen LogP contribution in [0.4, 0.5) is 13.2 Å². The molecule has 1 aromatic heterocycles. The van der Waals surface area contributed by atoms with Gasteiger partial charge in [0.05, 0.1) is 0 Å². The minimum atomic E-state index is -4.58. The first kappa shape index (κ1) is 17.2. The zero-order chi connectivity index (χ0) is 15.3. The number of pyridine rings is 1. The lowest BCUT2D eigenvalue weighted by molar-refractivity contribution is -0.141. The van der Waals surface area contributed by atoms with E-state index < -0.39 is 21.9 Å². The van der Waals surface area contributed by atoms with Crippen LogP contribution >= 0.6 is 12.4 Å². The maximum Gasteiger partial charge on any atom is 0.433 e. The summed E-state index contributed by atoms with van der Waals surface area (Å²) in [4.78, 5) is 2.99. The van der Waals surface area contributed by atoms with Gasteiger partial charge in [0.2, 0.25) is 10.0 Å². The third-order valence-corrected chi connectivity index (χ3v) is 5.35. The van der Waals surface area contributed by atoms with Gasteiger partial charge < -0.3 is 5.32 Å². The summed E-state index contributed by atoms with van der Waals surface area (Å²) in [7, 11) is -3.81. The molecule has 0 amide bonds. The van der Waals surface area contributed by atoms with Crippen LogP contribution in [-0.4, -0.2) is 43.9 Å². The highest BCUT2D eigenvalue weighted by molar-refractivity contribution is 7.89. The summed E-state index contributed by atoms with van der Waals surface area (Å²) >= 11 is 0. The molecular weight excluding hydrogens is 343 g/mol. The van der Waals surface area contributed by atoms with Crippen molar-refractivity contribution in [3.05, 3.63) is 35.2 Å². The second kappa shape index (κ2) is 5.80. The molecule has 0 saturated carbocycles. The Morgan fingerprint density at radius 1 is 1.14 bits per heavy atom. The van der Waals surface area contributed by atoms with Crippen LogP contribution in [0.25, 0.3) is 0 Å². The standard InChI is InChI=1S/C12H12F3N3O2S.ClH/c13-12(14,15)11-2-1-10(5-17-11)21(19,20)18-6-8-3-16-4-9(8)7-18;/h1-2,5,16H,3-4,6-7H2;1H. The van der Waals surface area contributed by atoms with Crippen molar-refractivity contribution in [2.45, 2.75) is 11.1 Å². The molecule has 2 aliphatic heterocycles. The van der Waals surface area contributed by atoms with E-state index in [0.717, 1.165) is 23.4 Å². The van der Waals surface area contributed by atoms with Gasteiger partial charge in [-0.25, -0.2) is 8.42 Å². The molecule has 0 bridgehead atoms. The normalized spacial score (nSPS) is 19.2. The molecule has 22 heavy (non-hydrogen) atoms. The average molecular weight is 356 g/mol. The Morgan fingerprint density at radius 2 is 1.73 bits per heavy atom. The smallest absolute Gasteiger partial charge is 0.309 e. The fourth-order valence-electron chi connectivity index (χ4n) is 2.45. The summed E-state index contributed by atoms with van der Waals surface area (Å²) in [6.07, 6.45) is -3.82. The Balaban J connectivity index is 0.00000176. The first-order valence-electron chi connectivity index (χ1n) is 6.22. The van der Waals surface area contributed by atoms with Gasteiger partial charge in [-0.2, -0.15) is 17.5 Å². The maximum absolute atomic E-state index is 12.4. The van der Waals surface area contributed by atoms with E-state index in [1.165, 1.54) is 4.31 Å². The Kier molecular flexibility index (Phi) is 4.54. The van der Waals surface area contributed by atoms with E-state index in [-0.39, 0.29) is 30.4 Å². The van der Waals surface area contributed by atoms with E-state index in [0.29, 0.717) is 19.2 Å². The second-order valence-corrected chi connectivity index (χ2v) is 6.90. The van der Waals surface area contributed by atoms with Crippen molar-refractivity contribution in [1.82, 2.24) is 14.6 Å². The van der Waals surface area contributed by atoms with Gasteiger partial charge in [0.15, 0.2) is 0 Å². The lowest BCUT2D eigenvalue weighted by atomic mass is 10.2. The molecule has 0 atom stereocenters. The van der Waals surface area contributed by atoms with E-state index in [9.17, 15) is 21.6 Å². The Hall–Kier alpha value is -1.16. The monoisotopic (exact) mass is 355 g/mol. The molecule has 1 aromatic rings. The Morgan fingerprint density at radius 3 is 2.18 bits per heavy atom. The second-order valence-electron chi connectivity index (χ2n) is 4.96. The highest BCUT2D eigenvalue weighted by Crippen LogP contribution is 2.30. The minimum absolute atomic E-state index is 0. The van der Waals surface area contributed by atoms with Crippen molar-refractivity contribution in [1.29, 1.82) is 0 Å². The minimum Gasteiger partial charge on any atom is -0.309 e. The van der Waals surface area contributed by atoms with Crippen LogP contribution in [0, 0.1) is 0 Å². The topological polar surface area (TPSA) is 62.3 Å². The molecule has 10 heteroatoms. The van der Waals surface area contributed by atoms with Crippen molar-refractivity contribution < 1.29 is 21.6 Å². The van der Waals surface area contributed by atoms with Gasteiger partial charge >= 0.3 is 6.18 Å². The predicted octanol–water partition coefficient (Wildman–Crippen LogP) is 1.43. The lowest BCUT2D eigenvalue weighted by Gasteiger charge is -2.18. The molecule has 0 radical (unpaired) electrons. The lowest BCUT2D eigenvalue weighted by Crippen LogP contribution is -2.32. The van der Waals surface area contributed by atoms with Gasteiger partial charge in [0, 0.05) is 32.4 Å². The molecule has 2 aliphatic rings. The van der Waals surface area contributed by atoms with Gasteiger partial charge in [0.25, 0.3) is 0 Å². The van der Waals surface area contributed by atoms with Crippen LogP contribution in [0.1, 0.15) is 5.69 Å². The van der Waals surface area contributed by atoms with E-state index in [2.05, 4.69) is 10.3 Å². The molecule has 1 N–H and O–H groups in total. The maximum atomic E-state index is 12.4. The molecule has 0 unspecified atom stereocenters. The quantitative estimate of drug-likeness (QED) is 0.815. The number of alkyl halides is 3. The first-order chi connectivity index (χ1) is 9.78. The molecule has 122 valence electrons. The van der Waals surface area contributed by atoms with Crippen LogP contribution in [-0.2, 0) is 16.2 Å². The molecule has 0 aromatic carbocycles. The third-order valence-electron chi connectivity index (χ3n) is 3.58. The molecule has 0 fully saturated rings. The van der Waals surface area contributed by atoms with Crippen LogP contribution in [0.5, 0.6) is 0 Å². The van der Waals surface area contributed by atoms with Gasteiger partial charge in [0.1, 0.15) is 10.6 Å². The van der Waals surface area contributed by atoms with Crippen molar-refractivity contribution >= 4 is 22.4 Å². The summed E-state index contributed by atoms with van der Waals surface area (Å²) in [5, 5.41) is 3.13. The molecule has 3 rings (SSSR count). The van der Waals surface area contributed by atoms with Gasteiger partial charge in [-0.05, 0) is 23.3 Å². The number of hydrogen-bond acceptors (Lipinski definition) is 4. The highest BCUT2D eigenvalue weighted by atomic mass is 35.5. The van der Waals surface area contributed by atoms with Gasteiger partial charge in [-0.3, -0.25) is 4.98 Å². The summed E-state index contributed by atoms with van der Waals surface area (Å²) < 4.78 is 63.3. The van der Waals surface area contributed by atoms with Crippen molar-refractivity contribution in [3.8, 4) is 0 Å². The Labute approximate surface area is 131 Å². The number of nitrogens with zero attached hydrogens (tertiary/aromatic N) is 2. The van der Waals surface area contributed by atoms with Crippen molar-refractivity contribution in [2.75, 3.05) is 26.2 Å². The van der Waals surface area contributed by atoms with Crippen LogP contribution < -0.4 is 5.32 Å². The van der Waals surface area contributed by atoms with Crippen LogP contribution in [0.3, 0.4) is 0 Å². The molecule has 0 aliphatic carbocycles. The summed E-state index contributed by atoms with van der Waals surface area (Å²) in [6.45, 7) is 1.89. The molecule has 0 saturated heterocycles. The number of nitrogens with one attached hydrogen (secondary N) is 1. The fourth-order valence-corrected chi connectivity index (χ4v) is 3.83. The van der Waals surface area contributed by atoms with Crippen LogP contribution in [0.15, 0.2) is 34.4 Å². The summed E-state index contributed by atoms with van der Waals surface area (Å²) in [5.74, 6) is 0. The fraction of sp³-hybridized carbons (Fsp3) is 0.417. The number of halogens is 4. The zero-order valence-corrected chi connectivity index (χ0v) is 12.9. The van der Waals surface area contributed by atoms with Gasteiger partial charge in [-0.15, -0.1) is 12.4 Å². The average Bonchev–Trinajstić information content (AvgIpc) is 2.98. The summed E-state index contributed by atoms with van der Waals surface area (Å²) in [5.41, 5.74) is 0.976. The number of sulfonamides is 1. The number of hydrogen-bond donors (Lipinski definition) is 1. The predicted molar refractivity (Wildman–Crippen MR) is 75.1 cm³/mol. The highest BCUT2D eigenvalue weighted by Gasteiger charge is 2.36. The van der Waals surface area contributed by atoms with E-state index in [4.69, 9.17) is 0 Å². The van der Waals surface area contributed by atoms with E-state index in [1.807, 2.05) is 0 Å². The molecule has 0 spiro atoms. The SMILES string of the molecule is Cl.O=S(=O)(c1ccc(C(F)(F)F)nc1)N1CC2=C(CNC2)C1. The largest absolute Gasteiger partial charge is 0.433 e. The molecular formula is C12H13ClF3N3O2S. The number of aromatic nitrogens is 1. The molecule has 3 heterocycles. The Bertz CT molecular complexity index is 685. The molecule has 5 nitrogen and oxygen atoms in total. The summed E-state index contributed by atoms with van der Waals surface area (Å²) in [6, 6.07) is 1.64. The first-order valence-corrected chi connectivity index (χ1v) is 7.66. The third kappa shape index (κ3) is 2.98. The number of rotatable bonds is 2. The van der Waals surface area contributed by atoms with Crippen molar-refractivity contribution in [2.24, 2.45) is 0 Å². The van der Waals surface area contributed by atoms with Crippen LogP contribution in [0.2, 0.25) is 0 Å². The zero-order valence-electron chi connectivity index (χ0n) is 11.2. The van der Waals surface area contributed by atoms with E-state index >= 15 is 0 Å². The van der Waals surface area contributed by atoms with Crippen molar-refractivity contribution in [3.63, 3.8) is 0 Å². The van der Waals surface area contributed by atoms with E-state index in [1.54, 1.807) is 0 Å².